The van der Waals surface area contributed by atoms with E-state index in [0.29, 0.717) is 6.42 Å². The first kappa shape index (κ1) is 18.9. The van der Waals surface area contributed by atoms with Crippen molar-refractivity contribution in [3.8, 4) is 0 Å². The van der Waals surface area contributed by atoms with Gasteiger partial charge < -0.3 is 10.2 Å². The van der Waals surface area contributed by atoms with Crippen LogP contribution in [-0.2, 0) is 14.8 Å². The second-order valence-corrected chi connectivity index (χ2v) is 8.54. The smallest absolute Gasteiger partial charge is 0.313 e. The first-order chi connectivity index (χ1) is 11.1. The summed E-state index contributed by atoms with van der Waals surface area (Å²) in [6.07, 6.45) is -0.124. The Morgan fingerprint density at radius 1 is 1.33 bits per heavy atom. The van der Waals surface area contributed by atoms with Gasteiger partial charge in [-0.3, -0.25) is 4.79 Å². The predicted octanol–water partition coefficient (Wildman–Crippen LogP) is 1.93. The van der Waals surface area contributed by atoms with Gasteiger partial charge in [0.05, 0.1) is 11.0 Å². The molecule has 1 aromatic carbocycles. The highest BCUT2D eigenvalue weighted by molar-refractivity contribution is 7.89. The molecule has 0 spiro atoms. The lowest BCUT2D eigenvalue weighted by molar-refractivity contribution is -0.161. The molecule has 1 aliphatic heterocycles. The lowest BCUT2D eigenvalue weighted by Gasteiger charge is -2.42. The lowest BCUT2D eigenvalue weighted by Crippen LogP contribution is -2.57. The van der Waals surface area contributed by atoms with Gasteiger partial charge in [0, 0.05) is 13.1 Å². The van der Waals surface area contributed by atoms with Crippen molar-refractivity contribution < 1.29 is 23.4 Å². The summed E-state index contributed by atoms with van der Waals surface area (Å²) in [5.74, 6) is -1.14. The summed E-state index contributed by atoms with van der Waals surface area (Å²) in [5, 5.41) is 19.9. The number of hydrogen-bond acceptors (Lipinski definition) is 4. The van der Waals surface area contributed by atoms with Gasteiger partial charge in [0.15, 0.2) is 0 Å². The second kappa shape index (κ2) is 6.82. The van der Waals surface area contributed by atoms with Crippen LogP contribution in [0.25, 0.3) is 0 Å². The highest BCUT2D eigenvalue weighted by atomic mass is 32.2. The summed E-state index contributed by atoms with van der Waals surface area (Å²) in [5.41, 5.74) is 0.417. The number of aliphatic hydroxyl groups excluding tert-OH is 1. The summed E-state index contributed by atoms with van der Waals surface area (Å²) in [7, 11) is -3.79. The highest BCUT2D eigenvalue weighted by Crippen LogP contribution is 2.37. The zero-order valence-corrected chi connectivity index (χ0v) is 15.1. The first-order valence-corrected chi connectivity index (χ1v) is 9.58. The van der Waals surface area contributed by atoms with Gasteiger partial charge in [-0.2, -0.15) is 4.31 Å². The maximum absolute atomic E-state index is 12.9. The third kappa shape index (κ3) is 3.20. The van der Waals surface area contributed by atoms with Crippen molar-refractivity contribution in [2.45, 2.75) is 51.0 Å². The zero-order valence-electron chi connectivity index (χ0n) is 14.3. The van der Waals surface area contributed by atoms with Crippen LogP contribution in [-0.4, -0.2) is 48.1 Å². The van der Waals surface area contributed by atoms with Crippen LogP contribution in [0.5, 0.6) is 0 Å². The molecular weight excluding hydrogens is 330 g/mol. The molecule has 1 unspecified atom stereocenters. The molecule has 6 nitrogen and oxygen atoms in total. The number of benzene rings is 1. The number of aryl methyl sites for hydroxylation is 2. The quantitative estimate of drug-likeness (QED) is 0.841. The van der Waals surface area contributed by atoms with Crippen LogP contribution in [0.15, 0.2) is 23.1 Å². The summed E-state index contributed by atoms with van der Waals surface area (Å²) in [6.45, 7) is 5.49. The van der Waals surface area contributed by atoms with Gasteiger partial charge in [-0.05, 0) is 49.9 Å². The minimum Gasteiger partial charge on any atom is -0.481 e. The third-order valence-electron chi connectivity index (χ3n) is 4.99. The van der Waals surface area contributed by atoms with Gasteiger partial charge in [-0.25, -0.2) is 8.42 Å². The average molecular weight is 355 g/mol. The highest BCUT2D eigenvalue weighted by Gasteiger charge is 2.50. The Labute approximate surface area is 143 Å². The number of carboxylic acids is 1. The van der Waals surface area contributed by atoms with Crippen molar-refractivity contribution in [2.75, 3.05) is 13.1 Å². The first-order valence-electron chi connectivity index (χ1n) is 8.14. The standard InChI is InChI=1S/C17H25NO5S/c1-4-8-17(16(20)21)11-18(9-7-15(17)19)24(22,23)14-6-5-12(2)13(3)10-14/h5-6,10,15,19H,4,7-9,11H2,1-3H3,(H,20,21)/t15?,17-/m0/s1. The van der Waals surface area contributed by atoms with Crippen LogP contribution < -0.4 is 0 Å². The van der Waals surface area contributed by atoms with E-state index in [0.717, 1.165) is 11.1 Å². The summed E-state index contributed by atoms with van der Waals surface area (Å²) < 4.78 is 27.0. The van der Waals surface area contributed by atoms with E-state index in [1.807, 2.05) is 20.8 Å². The Kier molecular flexibility index (Phi) is 5.37. The molecule has 2 N–H and O–H groups in total. The molecule has 0 saturated carbocycles. The molecule has 7 heteroatoms. The maximum Gasteiger partial charge on any atom is 0.313 e. The Balaban J connectivity index is 2.40. The largest absolute Gasteiger partial charge is 0.481 e. The molecule has 0 radical (unpaired) electrons. The SMILES string of the molecule is CCC[C@]1(C(=O)O)CN(S(=O)(=O)c2ccc(C)c(C)c2)CCC1O. The number of nitrogens with zero attached hydrogens (tertiary/aromatic N) is 1. The van der Waals surface area contributed by atoms with Gasteiger partial charge in [-0.15, -0.1) is 0 Å². The number of sulfonamides is 1. The number of carboxylic acid groups (broad SMARTS) is 1. The van der Waals surface area contributed by atoms with Crippen LogP contribution in [0.4, 0.5) is 0 Å². The molecule has 24 heavy (non-hydrogen) atoms. The van der Waals surface area contributed by atoms with E-state index >= 15 is 0 Å². The van der Waals surface area contributed by atoms with Crippen LogP contribution in [0.2, 0.25) is 0 Å². The minimum atomic E-state index is -3.79. The average Bonchev–Trinajstić information content (AvgIpc) is 2.51. The van der Waals surface area contributed by atoms with Gasteiger partial charge in [0.1, 0.15) is 5.41 Å². The van der Waals surface area contributed by atoms with Crippen LogP contribution >= 0.6 is 0 Å². The Morgan fingerprint density at radius 2 is 2.00 bits per heavy atom. The maximum atomic E-state index is 12.9. The summed E-state index contributed by atoms with van der Waals surface area (Å²) in [6, 6.07) is 4.90. The molecule has 134 valence electrons. The zero-order chi connectivity index (χ0) is 18.1. The Bertz CT molecular complexity index is 730. The van der Waals surface area contributed by atoms with E-state index in [1.165, 1.54) is 4.31 Å². The molecule has 2 atom stereocenters. The van der Waals surface area contributed by atoms with Gasteiger partial charge in [0.2, 0.25) is 10.0 Å². The molecule has 0 bridgehead atoms. The molecule has 1 saturated heterocycles. The van der Waals surface area contributed by atoms with Crippen molar-refractivity contribution in [2.24, 2.45) is 5.41 Å². The molecule has 1 aromatic rings. The Morgan fingerprint density at radius 3 is 2.54 bits per heavy atom. The fraction of sp³-hybridized carbons (Fsp3) is 0.588. The van der Waals surface area contributed by atoms with Crippen molar-refractivity contribution in [3.05, 3.63) is 29.3 Å². The Hall–Kier alpha value is -1.44. The number of carbonyl (C=O) groups is 1. The molecular formula is C17H25NO5S. The number of aliphatic carboxylic acids is 1. The van der Waals surface area contributed by atoms with Crippen LogP contribution in [0.3, 0.4) is 0 Å². The molecule has 2 rings (SSSR count). The third-order valence-corrected chi connectivity index (χ3v) is 6.83. The fourth-order valence-corrected chi connectivity index (χ4v) is 4.89. The normalized spacial score (nSPS) is 25.6. The molecule has 0 aliphatic carbocycles. The van der Waals surface area contributed by atoms with E-state index in [1.54, 1.807) is 18.2 Å². The molecule has 1 fully saturated rings. The van der Waals surface area contributed by atoms with E-state index in [2.05, 4.69) is 0 Å². The molecule has 1 heterocycles. The van der Waals surface area contributed by atoms with Gasteiger partial charge >= 0.3 is 5.97 Å². The van der Waals surface area contributed by atoms with Gasteiger partial charge in [0.25, 0.3) is 0 Å². The van der Waals surface area contributed by atoms with Crippen molar-refractivity contribution in [1.82, 2.24) is 4.31 Å². The van der Waals surface area contributed by atoms with Crippen molar-refractivity contribution in [1.29, 1.82) is 0 Å². The van der Waals surface area contributed by atoms with E-state index in [9.17, 15) is 23.4 Å². The summed E-state index contributed by atoms with van der Waals surface area (Å²) in [4.78, 5) is 12.0. The van der Waals surface area contributed by atoms with Crippen molar-refractivity contribution >= 4 is 16.0 Å². The minimum absolute atomic E-state index is 0.120. The van der Waals surface area contributed by atoms with E-state index in [4.69, 9.17) is 0 Å². The van der Waals surface area contributed by atoms with E-state index < -0.39 is 27.5 Å². The monoisotopic (exact) mass is 355 g/mol. The summed E-state index contributed by atoms with van der Waals surface area (Å²) >= 11 is 0. The van der Waals surface area contributed by atoms with Crippen LogP contribution in [0.1, 0.15) is 37.3 Å². The van der Waals surface area contributed by atoms with Crippen LogP contribution in [0, 0.1) is 19.3 Å². The molecule has 0 aromatic heterocycles. The number of piperidine rings is 1. The number of aliphatic hydroxyl groups is 1. The molecule has 1 aliphatic rings. The number of hydrogen-bond donors (Lipinski definition) is 2. The second-order valence-electron chi connectivity index (χ2n) is 6.60. The topological polar surface area (TPSA) is 94.9 Å². The fourth-order valence-electron chi connectivity index (χ4n) is 3.28. The van der Waals surface area contributed by atoms with Gasteiger partial charge in [-0.1, -0.05) is 19.4 Å². The van der Waals surface area contributed by atoms with E-state index in [-0.39, 0.29) is 30.8 Å². The van der Waals surface area contributed by atoms with Crippen molar-refractivity contribution in [3.63, 3.8) is 0 Å². The molecule has 0 amide bonds. The number of rotatable bonds is 5. The predicted molar refractivity (Wildman–Crippen MR) is 90.3 cm³/mol. The lowest BCUT2D eigenvalue weighted by atomic mass is 9.74.